The summed E-state index contributed by atoms with van der Waals surface area (Å²) in [5.74, 6) is -0.276. The predicted octanol–water partition coefficient (Wildman–Crippen LogP) is 5.54. The maximum absolute atomic E-state index is 14.2. The highest BCUT2D eigenvalue weighted by molar-refractivity contribution is 7.92. The van der Waals surface area contributed by atoms with E-state index >= 15 is 0 Å². The van der Waals surface area contributed by atoms with E-state index in [1.54, 1.807) is 49.4 Å². The highest BCUT2D eigenvalue weighted by Crippen LogP contribution is 2.33. The molecule has 2 amide bonds. The van der Waals surface area contributed by atoms with Crippen LogP contribution in [0.5, 0.6) is 11.5 Å². The third-order valence-electron chi connectivity index (χ3n) is 6.61. The first kappa shape index (κ1) is 33.0. The molecule has 42 heavy (non-hydrogen) atoms. The van der Waals surface area contributed by atoms with E-state index in [-0.39, 0.29) is 35.2 Å². The van der Waals surface area contributed by atoms with Gasteiger partial charge in [0.15, 0.2) is 0 Å². The molecule has 0 saturated carbocycles. The third-order valence-corrected chi connectivity index (χ3v) is 9.09. The maximum Gasteiger partial charge on any atom is 0.264 e. The van der Waals surface area contributed by atoms with Crippen molar-refractivity contribution in [2.24, 2.45) is 0 Å². The van der Waals surface area contributed by atoms with Crippen LogP contribution in [0, 0.1) is 0 Å². The van der Waals surface area contributed by atoms with Crippen LogP contribution in [-0.2, 0) is 26.2 Å². The van der Waals surface area contributed by atoms with Gasteiger partial charge in [-0.1, -0.05) is 55.2 Å². The Kier molecular flexibility index (Phi) is 11.9. The van der Waals surface area contributed by atoms with Crippen LogP contribution in [0.1, 0.15) is 32.3 Å². The van der Waals surface area contributed by atoms with Gasteiger partial charge in [0.2, 0.25) is 11.8 Å². The number of nitrogens with zero attached hydrogens (tertiary/aromatic N) is 2. The molecule has 9 nitrogen and oxygen atoms in total. The number of sulfonamides is 1. The Hall–Kier alpha value is -3.47. The van der Waals surface area contributed by atoms with Gasteiger partial charge in [-0.2, -0.15) is 0 Å². The molecule has 0 radical (unpaired) electrons. The SMILES string of the molecule is CCCNC(=O)[C@H](CC)N(Cc1c(Cl)cccc1Cl)C(=O)CN(c1ccccc1OC)S(=O)(=O)c1ccc(OC)cc1. The monoisotopic (exact) mass is 635 g/mol. The third kappa shape index (κ3) is 7.67. The number of para-hydroxylation sites is 2. The van der Waals surface area contributed by atoms with Gasteiger partial charge in [0, 0.05) is 28.7 Å². The molecule has 0 aliphatic carbocycles. The summed E-state index contributed by atoms with van der Waals surface area (Å²) in [6.45, 7) is 3.37. The number of halogens is 2. The molecule has 0 aromatic heterocycles. The van der Waals surface area contributed by atoms with Gasteiger partial charge in [0.25, 0.3) is 10.0 Å². The summed E-state index contributed by atoms with van der Waals surface area (Å²) in [7, 11) is -1.41. The average Bonchev–Trinajstić information content (AvgIpc) is 2.99. The summed E-state index contributed by atoms with van der Waals surface area (Å²) < 4.78 is 39.8. The van der Waals surface area contributed by atoms with Crippen molar-refractivity contribution in [3.05, 3.63) is 82.3 Å². The van der Waals surface area contributed by atoms with Crippen LogP contribution >= 0.6 is 23.2 Å². The molecule has 1 N–H and O–H groups in total. The molecule has 3 aromatic carbocycles. The van der Waals surface area contributed by atoms with Crippen molar-refractivity contribution in [2.75, 3.05) is 31.6 Å². The van der Waals surface area contributed by atoms with Crippen LogP contribution in [0.4, 0.5) is 5.69 Å². The van der Waals surface area contributed by atoms with Crippen molar-refractivity contribution in [1.29, 1.82) is 0 Å². The minimum Gasteiger partial charge on any atom is -0.497 e. The topological polar surface area (TPSA) is 105 Å². The molecule has 0 spiro atoms. The lowest BCUT2D eigenvalue weighted by Crippen LogP contribution is -2.52. The molecular formula is C30H35Cl2N3O6S. The standard InChI is InChI=1S/C30H35Cl2N3O6S/c1-5-18-33-30(37)26(6-2)34(19-23-24(31)10-9-11-25(23)32)29(36)20-35(27-12-7-8-13-28(27)41-4)42(38,39)22-16-14-21(40-3)15-17-22/h7-17,26H,5-6,18-20H2,1-4H3,(H,33,37)/t26-/m0/s1. The van der Waals surface area contributed by atoms with Crippen LogP contribution < -0.4 is 19.1 Å². The summed E-state index contributed by atoms with van der Waals surface area (Å²) in [6, 6.07) is 16.4. The molecule has 1 atom stereocenters. The Balaban J connectivity index is 2.13. The molecule has 0 saturated heterocycles. The number of benzene rings is 3. The number of carbonyl (C=O) groups excluding carboxylic acids is 2. The summed E-state index contributed by atoms with van der Waals surface area (Å²) in [6.07, 6.45) is 0.970. The fourth-order valence-corrected chi connectivity index (χ4v) is 6.30. The molecular weight excluding hydrogens is 601 g/mol. The number of methoxy groups -OCH3 is 2. The number of ether oxygens (including phenoxy) is 2. The number of nitrogens with one attached hydrogen (secondary N) is 1. The van der Waals surface area contributed by atoms with Crippen LogP contribution in [0.2, 0.25) is 10.0 Å². The van der Waals surface area contributed by atoms with Crippen molar-refractivity contribution in [3.63, 3.8) is 0 Å². The molecule has 3 rings (SSSR count). The first-order chi connectivity index (χ1) is 20.1. The predicted molar refractivity (Wildman–Crippen MR) is 165 cm³/mol. The van der Waals surface area contributed by atoms with Crippen molar-refractivity contribution < 1.29 is 27.5 Å². The summed E-state index contributed by atoms with van der Waals surface area (Å²) >= 11 is 12.9. The minimum absolute atomic E-state index is 0.0598. The van der Waals surface area contributed by atoms with Gasteiger partial charge in [-0.15, -0.1) is 0 Å². The van der Waals surface area contributed by atoms with E-state index in [0.717, 1.165) is 4.31 Å². The first-order valence-electron chi connectivity index (χ1n) is 13.4. The smallest absolute Gasteiger partial charge is 0.264 e. The van der Waals surface area contributed by atoms with Gasteiger partial charge in [-0.25, -0.2) is 8.42 Å². The average molecular weight is 637 g/mol. The van der Waals surface area contributed by atoms with E-state index in [1.807, 2.05) is 6.92 Å². The summed E-state index contributed by atoms with van der Waals surface area (Å²) in [5.41, 5.74) is 0.598. The van der Waals surface area contributed by atoms with Gasteiger partial charge in [0.05, 0.1) is 24.8 Å². The Morgan fingerprint density at radius 3 is 2.12 bits per heavy atom. The Bertz CT molecular complexity index is 1460. The highest BCUT2D eigenvalue weighted by Gasteiger charge is 2.35. The van der Waals surface area contributed by atoms with Gasteiger partial charge in [-0.05, 0) is 61.4 Å². The van der Waals surface area contributed by atoms with Gasteiger partial charge < -0.3 is 19.7 Å². The molecule has 3 aromatic rings. The highest BCUT2D eigenvalue weighted by atomic mass is 35.5. The fourth-order valence-electron chi connectivity index (χ4n) is 4.36. The zero-order valence-corrected chi connectivity index (χ0v) is 26.3. The van der Waals surface area contributed by atoms with Crippen LogP contribution in [-0.4, -0.2) is 58.5 Å². The van der Waals surface area contributed by atoms with Crippen LogP contribution in [0.15, 0.2) is 71.6 Å². The van der Waals surface area contributed by atoms with E-state index in [9.17, 15) is 18.0 Å². The van der Waals surface area contributed by atoms with Crippen molar-refractivity contribution in [2.45, 2.75) is 44.2 Å². The number of carbonyl (C=O) groups is 2. The molecule has 0 heterocycles. The van der Waals surface area contributed by atoms with Crippen molar-refractivity contribution >= 4 is 50.7 Å². The van der Waals surface area contributed by atoms with Gasteiger partial charge in [-0.3, -0.25) is 13.9 Å². The first-order valence-corrected chi connectivity index (χ1v) is 15.6. The van der Waals surface area contributed by atoms with Gasteiger partial charge in [0.1, 0.15) is 24.1 Å². The quantitative estimate of drug-likeness (QED) is 0.249. The van der Waals surface area contributed by atoms with E-state index in [1.165, 1.54) is 43.4 Å². The maximum atomic E-state index is 14.2. The lowest BCUT2D eigenvalue weighted by molar-refractivity contribution is -0.140. The van der Waals surface area contributed by atoms with Crippen molar-refractivity contribution in [1.82, 2.24) is 10.2 Å². The number of hydrogen-bond donors (Lipinski definition) is 1. The lowest BCUT2D eigenvalue weighted by atomic mass is 10.1. The minimum atomic E-state index is -4.30. The number of anilines is 1. The zero-order chi connectivity index (χ0) is 30.9. The largest absolute Gasteiger partial charge is 0.497 e. The second kappa shape index (κ2) is 15.1. The van der Waals surface area contributed by atoms with Crippen LogP contribution in [0.3, 0.4) is 0 Å². The Morgan fingerprint density at radius 1 is 0.905 bits per heavy atom. The summed E-state index contributed by atoms with van der Waals surface area (Å²) in [4.78, 5) is 28.7. The molecule has 0 bridgehead atoms. The lowest BCUT2D eigenvalue weighted by Gasteiger charge is -2.33. The van der Waals surface area contributed by atoms with Gasteiger partial charge >= 0.3 is 0 Å². The van der Waals surface area contributed by atoms with E-state index < -0.39 is 28.5 Å². The molecule has 12 heteroatoms. The van der Waals surface area contributed by atoms with Crippen molar-refractivity contribution in [3.8, 4) is 11.5 Å². The molecule has 226 valence electrons. The number of rotatable bonds is 14. The second-order valence-electron chi connectivity index (χ2n) is 9.30. The second-order valence-corrected chi connectivity index (χ2v) is 12.0. The number of amides is 2. The molecule has 0 aliphatic heterocycles. The molecule has 0 aliphatic rings. The normalized spacial score (nSPS) is 11.9. The summed E-state index contributed by atoms with van der Waals surface area (Å²) in [5, 5.41) is 3.47. The van der Waals surface area contributed by atoms with Crippen LogP contribution in [0.25, 0.3) is 0 Å². The molecule has 0 unspecified atom stereocenters. The Labute approximate surface area is 257 Å². The Morgan fingerprint density at radius 2 is 1.55 bits per heavy atom. The fraction of sp³-hybridized carbons (Fsp3) is 0.333. The van der Waals surface area contributed by atoms with E-state index in [2.05, 4.69) is 5.32 Å². The molecule has 0 fully saturated rings. The zero-order valence-electron chi connectivity index (χ0n) is 24.0. The number of hydrogen-bond acceptors (Lipinski definition) is 6. The van der Waals surface area contributed by atoms with E-state index in [0.29, 0.717) is 34.3 Å². The van der Waals surface area contributed by atoms with E-state index in [4.69, 9.17) is 32.7 Å².